The molecule has 108 valence electrons. The van der Waals surface area contributed by atoms with Crippen LogP contribution in [0.25, 0.3) is 10.8 Å². The van der Waals surface area contributed by atoms with Gasteiger partial charge < -0.3 is 4.74 Å². The molecule has 2 aromatic carbocycles. The van der Waals surface area contributed by atoms with Crippen molar-refractivity contribution in [3.8, 4) is 5.75 Å². The number of unbranched alkanes of at least 4 members (excludes halogenated alkanes) is 5. The van der Waals surface area contributed by atoms with Crippen LogP contribution in [-0.4, -0.2) is 6.61 Å². The predicted octanol–water partition coefficient (Wildman–Crippen LogP) is 5.89. The Balaban J connectivity index is 1.83. The van der Waals surface area contributed by atoms with Gasteiger partial charge in [-0.3, -0.25) is 0 Å². The molecule has 0 amide bonds. The lowest BCUT2D eigenvalue weighted by Gasteiger charge is -2.11. The number of benzene rings is 2. The zero-order valence-corrected chi connectivity index (χ0v) is 12.8. The van der Waals surface area contributed by atoms with E-state index < -0.39 is 0 Å². The van der Waals surface area contributed by atoms with Crippen LogP contribution in [0, 0.1) is 6.92 Å². The molecule has 0 aliphatic heterocycles. The van der Waals surface area contributed by atoms with Crippen molar-refractivity contribution in [1.82, 2.24) is 0 Å². The number of hydrogen-bond donors (Lipinski definition) is 0. The second kappa shape index (κ2) is 7.94. The second-order valence-electron chi connectivity index (χ2n) is 5.53. The molecule has 0 heterocycles. The second-order valence-corrected chi connectivity index (χ2v) is 5.53. The van der Waals surface area contributed by atoms with E-state index in [0.717, 1.165) is 18.8 Å². The number of hydrogen-bond acceptors (Lipinski definition) is 1. The number of rotatable bonds is 8. The molecule has 0 atom stereocenters. The van der Waals surface area contributed by atoms with E-state index in [-0.39, 0.29) is 0 Å². The average Bonchev–Trinajstić information content (AvgIpc) is 2.49. The molecule has 0 spiro atoms. The molecule has 0 saturated carbocycles. The fourth-order valence-electron chi connectivity index (χ4n) is 2.63. The third kappa shape index (κ3) is 4.00. The van der Waals surface area contributed by atoms with Crippen LogP contribution in [-0.2, 0) is 0 Å². The minimum atomic E-state index is 0.839. The summed E-state index contributed by atoms with van der Waals surface area (Å²) in [6.07, 6.45) is 7.83. The van der Waals surface area contributed by atoms with Gasteiger partial charge in [-0.05, 0) is 35.7 Å². The summed E-state index contributed by atoms with van der Waals surface area (Å²) in [5, 5.41) is 2.59. The molecule has 2 rings (SSSR count). The molecule has 20 heavy (non-hydrogen) atoms. The molecule has 0 bridgehead atoms. The number of aryl methyl sites for hydroxylation is 1. The zero-order valence-electron chi connectivity index (χ0n) is 12.8. The highest BCUT2D eigenvalue weighted by Crippen LogP contribution is 2.27. The van der Waals surface area contributed by atoms with Crippen LogP contribution in [0.15, 0.2) is 36.4 Å². The molecule has 0 unspecified atom stereocenters. The molecule has 0 aliphatic rings. The van der Waals surface area contributed by atoms with Gasteiger partial charge in [0.15, 0.2) is 0 Å². The molecule has 0 aliphatic carbocycles. The summed E-state index contributed by atoms with van der Waals surface area (Å²) >= 11 is 0. The fourth-order valence-corrected chi connectivity index (χ4v) is 2.63. The Morgan fingerprint density at radius 3 is 2.45 bits per heavy atom. The molecule has 0 saturated heterocycles. The van der Waals surface area contributed by atoms with Crippen LogP contribution >= 0.6 is 0 Å². The Morgan fingerprint density at radius 2 is 1.60 bits per heavy atom. The molecule has 0 radical (unpaired) electrons. The maximum absolute atomic E-state index is 5.95. The van der Waals surface area contributed by atoms with Gasteiger partial charge in [-0.2, -0.15) is 0 Å². The van der Waals surface area contributed by atoms with Crippen molar-refractivity contribution in [2.45, 2.75) is 52.4 Å². The van der Waals surface area contributed by atoms with Gasteiger partial charge in [0, 0.05) is 0 Å². The average molecular weight is 270 g/mol. The number of fused-ring (bicyclic) bond motifs is 1. The van der Waals surface area contributed by atoms with E-state index in [1.54, 1.807) is 0 Å². The first-order chi connectivity index (χ1) is 9.83. The van der Waals surface area contributed by atoms with E-state index in [4.69, 9.17) is 4.74 Å². The van der Waals surface area contributed by atoms with Gasteiger partial charge in [-0.25, -0.2) is 0 Å². The highest BCUT2D eigenvalue weighted by molar-refractivity contribution is 5.87. The lowest BCUT2D eigenvalue weighted by molar-refractivity contribution is 0.303. The first kappa shape index (κ1) is 14.9. The highest BCUT2D eigenvalue weighted by Gasteiger charge is 2.03. The van der Waals surface area contributed by atoms with E-state index in [2.05, 4.69) is 50.2 Å². The first-order valence-electron chi connectivity index (χ1n) is 7.94. The van der Waals surface area contributed by atoms with Crippen molar-refractivity contribution in [2.24, 2.45) is 0 Å². The summed E-state index contributed by atoms with van der Waals surface area (Å²) < 4.78 is 5.95. The lowest BCUT2D eigenvalue weighted by Crippen LogP contribution is -1.99. The summed E-state index contributed by atoms with van der Waals surface area (Å²) in [6, 6.07) is 12.8. The summed E-state index contributed by atoms with van der Waals surface area (Å²) in [5.74, 6) is 1.04. The van der Waals surface area contributed by atoms with Gasteiger partial charge in [-0.15, -0.1) is 0 Å². The van der Waals surface area contributed by atoms with Crippen LogP contribution in [0.4, 0.5) is 0 Å². The van der Waals surface area contributed by atoms with Crippen LogP contribution in [0.1, 0.15) is 51.0 Å². The normalized spacial score (nSPS) is 10.9. The van der Waals surface area contributed by atoms with Gasteiger partial charge in [0.2, 0.25) is 0 Å². The minimum absolute atomic E-state index is 0.839. The van der Waals surface area contributed by atoms with Gasteiger partial charge in [0.25, 0.3) is 0 Å². The van der Waals surface area contributed by atoms with Crippen molar-refractivity contribution in [2.75, 3.05) is 6.61 Å². The quantitative estimate of drug-likeness (QED) is 0.544. The van der Waals surface area contributed by atoms with E-state index in [9.17, 15) is 0 Å². The Bertz CT molecular complexity index is 530. The van der Waals surface area contributed by atoms with Gasteiger partial charge in [-0.1, -0.05) is 69.4 Å². The summed E-state index contributed by atoms with van der Waals surface area (Å²) in [6.45, 7) is 5.25. The van der Waals surface area contributed by atoms with Gasteiger partial charge in [0.1, 0.15) is 5.75 Å². The molecular weight excluding hydrogens is 244 g/mol. The van der Waals surface area contributed by atoms with Crippen LogP contribution in [0.3, 0.4) is 0 Å². The topological polar surface area (TPSA) is 9.23 Å². The van der Waals surface area contributed by atoms with Crippen molar-refractivity contribution < 1.29 is 4.74 Å². The van der Waals surface area contributed by atoms with E-state index in [0.29, 0.717) is 0 Å². The van der Waals surface area contributed by atoms with Crippen molar-refractivity contribution in [3.05, 3.63) is 42.0 Å². The minimum Gasteiger partial charge on any atom is -0.493 e. The summed E-state index contributed by atoms with van der Waals surface area (Å²) in [7, 11) is 0. The Hall–Kier alpha value is -1.50. The maximum Gasteiger partial charge on any atom is 0.122 e. The molecule has 0 fully saturated rings. The van der Waals surface area contributed by atoms with E-state index in [1.807, 2.05) is 0 Å². The van der Waals surface area contributed by atoms with Crippen LogP contribution in [0.5, 0.6) is 5.75 Å². The Kier molecular flexibility index (Phi) is 5.91. The molecule has 0 aromatic heterocycles. The summed E-state index contributed by atoms with van der Waals surface area (Å²) in [4.78, 5) is 0. The van der Waals surface area contributed by atoms with Gasteiger partial charge in [0.05, 0.1) is 6.61 Å². The van der Waals surface area contributed by atoms with Crippen LogP contribution < -0.4 is 4.74 Å². The van der Waals surface area contributed by atoms with Gasteiger partial charge >= 0.3 is 0 Å². The predicted molar refractivity (Wildman–Crippen MR) is 87.6 cm³/mol. The third-order valence-corrected chi connectivity index (χ3v) is 3.90. The zero-order chi connectivity index (χ0) is 14.2. The Labute approximate surface area is 123 Å². The standard InChI is InChI=1S/C19H26O/c1-3-4-5-6-7-10-15-20-19-14-13-17-11-8-9-12-18(17)16(19)2/h8-9,11-14H,3-7,10,15H2,1-2H3. The smallest absolute Gasteiger partial charge is 0.122 e. The molecule has 0 N–H and O–H groups in total. The van der Waals surface area contributed by atoms with Crippen molar-refractivity contribution in [1.29, 1.82) is 0 Å². The van der Waals surface area contributed by atoms with Crippen LogP contribution in [0.2, 0.25) is 0 Å². The van der Waals surface area contributed by atoms with E-state index >= 15 is 0 Å². The molecular formula is C19H26O. The first-order valence-corrected chi connectivity index (χ1v) is 7.94. The molecule has 2 aromatic rings. The highest BCUT2D eigenvalue weighted by atomic mass is 16.5. The largest absolute Gasteiger partial charge is 0.493 e. The summed E-state index contributed by atoms with van der Waals surface area (Å²) in [5.41, 5.74) is 1.26. The Morgan fingerprint density at radius 1 is 0.850 bits per heavy atom. The SMILES string of the molecule is CCCCCCCCOc1ccc2ccccc2c1C. The van der Waals surface area contributed by atoms with Crippen molar-refractivity contribution in [3.63, 3.8) is 0 Å². The third-order valence-electron chi connectivity index (χ3n) is 3.90. The lowest BCUT2D eigenvalue weighted by atomic mass is 10.0. The molecule has 1 heteroatoms. The van der Waals surface area contributed by atoms with Crippen molar-refractivity contribution >= 4 is 10.8 Å². The molecule has 1 nitrogen and oxygen atoms in total. The van der Waals surface area contributed by atoms with E-state index in [1.165, 1.54) is 48.4 Å². The fraction of sp³-hybridized carbons (Fsp3) is 0.474. The monoisotopic (exact) mass is 270 g/mol. The maximum atomic E-state index is 5.95. The number of ether oxygens (including phenoxy) is 1.